The smallest absolute Gasteiger partial charge is 0.181 e. The van der Waals surface area contributed by atoms with Crippen molar-refractivity contribution in [1.82, 2.24) is 0 Å². The van der Waals surface area contributed by atoms with Crippen LogP contribution in [0.1, 0.15) is 12.8 Å². The van der Waals surface area contributed by atoms with Gasteiger partial charge in [-0.15, -0.1) is 0 Å². The number of nitrogens with two attached hydrogens (primary N) is 1. The Labute approximate surface area is 93.4 Å². The van der Waals surface area contributed by atoms with Gasteiger partial charge in [-0.05, 0) is 24.6 Å². The van der Waals surface area contributed by atoms with Gasteiger partial charge in [0, 0.05) is 12.1 Å². The van der Waals surface area contributed by atoms with Crippen LogP contribution in [0.3, 0.4) is 0 Å². The van der Waals surface area contributed by atoms with Gasteiger partial charge in [-0.1, -0.05) is 0 Å². The lowest BCUT2D eigenvalue weighted by Gasteiger charge is -2.04. The molecular weight excluding hydrogens is 231 g/mol. The Kier molecular flexibility index (Phi) is 3.85. The number of nitrogens with zero attached hydrogens (tertiary/aromatic N) is 1. The number of unbranched alkanes of at least 4 members (excludes halogenated alkanes) is 1. The zero-order valence-electron chi connectivity index (χ0n) is 8.48. The van der Waals surface area contributed by atoms with Gasteiger partial charge < -0.3 is 5.73 Å². The first-order valence-electron chi connectivity index (χ1n) is 4.62. The third-order valence-corrected chi connectivity index (χ3v) is 3.82. The molecule has 0 spiro atoms. The number of halogens is 1. The van der Waals surface area contributed by atoms with Gasteiger partial charge in [0.1, 0.15) is 10.7 Å². The number of hydrogen-bond acceptors (Lipinski definition) is 4. The zero-order valence-corrected chi connectivity index (χ0v) is 9.30. The van der Waals surface area contributed by atoms with E-state index in [4.69, 9.17) is 11.0 Å². The first-order chi connectivity index (χ1) is 7.47. The maximum atomic E-state index is 13.3. The van der Waals surface area contributed by atoms with E-state index in [2.05, 4.69) is 0 Å². The molecule has 1 aromatic rings. The highest BCUT2D eigenvalue weighted by atomic mass is 32.2. The Hall–Kier alpha value is -1.61. The molecule has 0 aliphatic heterocycles. The highest BCUT2D eigenvalue weighted by molar-refractivity contribution is 7.91. The van der Waals surface area contributed by atoms with Crippen LogP contribution in [-0.4, -0.2) is 14.2 Å². The van der Waals surface area contributed by atoms with Crippen molar-refractivity contribution in [3.63, 3.8) is 0 Å². The maximum absolute atomic E-state index is 13.3. The van der Waals surface area contributed by atoms with Crippen molar-refractivity contribution < 1.29 is 12.8 Å². The maximum Gasteiger partial charge on any atom is 0.181 e. The molecule has 0 aromatic heterocycles. The van der Waals surface area contributed by atoms with E-state index in [1.54, 1.807) is 0 Å². The fraction of sp³-hybridized carbons (Fsp3) is 0.300. The molecule has 2 N–H and O–H groups in total. The van der Waals surface area contributed by atoms with Crippen LogP contribution in [0.15, 0.2) is 23.1 Å². The molecule has 0 unspecified atom stereocenters. The number of nitrogen functional groups attached to an aromatic ring is 1. The van der Waals surface area contributed by atoms with Gasteiger partial charge in [-0.3, -0.25) is 0 Å². The second-order valence-electron chi connectivity index (χ2n) is 3.27. The van der Waals surface area contributed by atoms with Crippen molar-refractivity contribution in [3.8, 4) is 6.07 Å². The molecule has 1 rings (SSSR count). The lowest BCUT2D eigenvalue weighted by molar-refractivity contribution is 0.566. The summed E-state index contributed by atoms with van der Waals surface area (Å²) in [6.45, 7) is 0. The Bertz CT molecular complexity index is 520. The summed E-state index contributed by atoms with van der Waals surface area (Å²) in [6, 6.07) is 5.29. The summed E-state index contributed by atoms with van der Waals surface area (Å²) in [5.74, 6) is -1.08. The molecule has 0 amide bonds. The molecule has 0 bridgehead atoms. The number of rotatable bonds is 4. The number of hydrogen-bond donors (Lipinski definition) is 1. The topological polar surface area (TPSA) is 84.0 Å². The largest absolute Gasteiger partial charge is 0.399 e. The van der Waals surface area contributed by atoms with Crippen molar-refractivity contribution in [2.24, 2.45) is 0 Å². The predicted octanol–water partition coefficient (Wildman–Crippen LogP) is 1.49. The standard InChI is InChI=1S/C10H11FN2O2S/c11-9-7-8(13)3-4-10(9)16(14,15)6-2-1-5-12/h3-4,7H,1-2,6,13H2. The Morgan fingerprint density at radius 3 is 2.69 bits per heavy atom. The second kappa shape index (κ2) is 4.94. The fourth-order valence-corrected chi connectivity index (χ4v) is 2.60. The SMILES string of the molecule is N#CCCCS(=O)(=O)c1ccc(N)cc1F. The van der Waals surface area contributed by atoms with E-state index in [0.29, 0.717) is 0 Å². The van der Waals surface area contributed by atoms with E-state index in [1.807, 2.05) is 6.07 Å². The van der Waals surface area contributed by atoms with E-state index < -0.39 is 15.7 Å². The summed E-state index contributed by atoms with van der Waals surface area (Å²) in [5, 5.41) is 8.29. The van der Waals surface area contributed by atoms with E-state index >= 15 is 0 Å². The van der Waals surface area contributed by atoms with Crippen LogP contribution >= 0.6 is 0 Å². The summed E-state index contributed by atoms with van der Waals surface area (Å²) >= 11 is 0. The lowest BCUT2D eigenvalue weighted by atomic mass is 10.3. The fourth-order valence-electron chi connectivity index (χ4n) is 1.22. The van der Waals surface area contributed by atoms with Crippen LogP contribution in [-0.2, 0) is 9.84 Å². The van der Waals surface area contributed by atoms with Crippen LogP contribution in [0.2, 0.25) is 0 Å². The van der Waals surface area contributed by atoms with Gasteiger partial charge in [0.15, 0.2) is 9.84 Å². The molecule has 1 aromatic carbocycles. The van der Waals surface area contributed by atoms with Crippen molar-refractivity contribution >= 4 is 15.5 Å². The van der Waals surface area contributed by atoms with Crippen LogP contribution in [0.4, 0.5) is 10.1 Å². The monoisotopic (exact) mass is 242 g/mol. The normalized spacial score (nSPS) is 11.0. The summed E-state index contributed by atoms with van der Waals surface area (Å²) in [5.41, 5.74) is 5.49. The van der Waals surface area contributed by atoms with Crippen molar-refractivity contribution in [2.45, 2.75) is 17.7 Å². The Balaban J connectivity index is 2.95. The summed E-state index contributed by atoms with van der Waals surface area (Å²) in [7, 11) is -3.66. The summed E-state index contributed by atoms with van der Waals surface area (Å²) in [6.07, 6.45) is 0.332. The number of sulfone groups is 1. The summed E-state index contributed by atoms with van der Waals surface area (Å²) in [4.78, 5) is -0.361. The van der Waals surface area contributed by atoms with E-state index in [1.165, 1.54) is 6.07 Å². The minimum atomic E-state index is -3.66. The summed E-state index contributed by atoms with van der Waals surface area (Å²) < 4.78 is 36.6. The molecule has 0 radical (unpaired) electrons. The first-order valence-corrected chi connectivity index (χ1v) is 6.27. The number of nitriles is 1. The van der Waals surface area contributed by atoms with Gasteiger partial charge in [-0.25, -0.2) is 12.8 Å². The average molecular weight is 242 g/mol. The van der Waals surface area contributed by atoms with Gasteiger partial charge in [0.25, 0.3) is 0 Å². The van der Waals surface area contributed by atoms with Crippen molar-refractivity contribution in [1.29, 1.82) is 5.26 Å². The van der Waals surface area contributed by atoms with Crippen LogP contribution in [0.5, 0.6) is 0 Å². The van der Waals surface area contributed by atoms with Crippen LogP contribution in [0, 0.1) is 17.1 Å². The molecule has 0 saturated carbocycles. The average Bonchev–Trinajstić information content (AvgIpc) is 2.17. The molecular formula is C10H11FN2O2S. The molecule has 86 valence electrons. The number of benzene rings is 1. The molecule has 0 fully saturated rings. The minimum Gasteiger partial charge on any atom is -0.399 e. The van der Waals surface area contributed by atoms with Gasteiger partial charge >= 0.3 is 0 Å². The third-order valence-electron chi connectivity index (χ3n) is 1.99. The van der Waals surface area contributed by atoms with Crippen molar-refractivity contribution in [2.75, 3.05) is 11.5 Å². The number of anilines is 1. The van der Waals surface area contributed by atoms with Gasteiger partial charge in [-0.2, -0.15) is 5.26 Å². The molecule has 0 aliphatic carbocycles. The van der Waals surface area contributed by atoms with Crippen molar-refractivity contribution in [3.05, 3.63) is 24.0 Å². The highest BCUT2D eigenvalue weighted by Gasteiger charge is 2.18. The third kappa shape index (κ3) is 2.94. The lowest BCUT2D eigenvalue weighted by Crippen LogP contribution is -2.09. The van der Waals surface area contributed by atoms with E-state index in [-0.39, 0.29) is 29.2 Å². The predicted molar refractivity (Wildman–Crippen MR) is 57.7 cm³/mol. The van der Waals surface area contributed by atoms with Gasteiger partial charge in [0.2, 0.25) is 0 Å². The Morgan fingerprint density at radius 1 is 1.44 bits per heavy atom. The van der Waals surface area contributed by atoms with E-state index in [0.717, 1.165) is 12.1 Å². The molecule has 4 nitrogen and oxygen atoms in total. The van der Waals surface area contributed by atoms with Gasteiger partial charge in [0.05, 0.1) is 11.8 Å². The highest BCUT2D eigenvalue weighted by Crippen LogP contribution is 2.19. The van der Waals surface area contributed by atoms with Crippen LogP contribution < -0.4 is 5.73 Å². The molecule has 0 aliphatic rings. The zero-order chi connectivity index (χ0) is 12.2. The molecule has 6 heteroatoms. The Morgan fingerprint density at radius 2 is 2.12 bits per heavy atom. The van der Waals surface area contributed by atoms with Crippen LogP contribution in [0.25, 0.3) is 0 Å². The second-order valence-corrected chi connectivity index (χ2v) is 5.35. The molecule has 0 atom stereocenters. The molecule has 16 heavy (non-hydrogen) atoms. The first kappa shape index (κ1) is 12.5. The minimum absolute atomic E-state index is 0.135. The quantitative estimate of drug-likeness (QED) is 0.640. The molecule has 0 heterocycles. The molecule has 0 saturated heterocycles. The van der Waals surface area contributed by atoms with E-state index in [9.17, 15) is 12.8 Å².